The summed E-state index contributed by atoms with van der Waals surface area (Å²) in [5.41, 5.74) is 0. The Bertz CT molecular complexity index is 310. The van der Waals surface area contributed by atoms with E-state index in [0.29, 0.717) is 0 Å². The van der Waals surface area contributed by atoms with Crippen LogP contribution in [0.3, 0.4) is 0 Å². The average Bonchev–Trinajstić information content (AvgIpc) is 2.71. The first-order valence-corrected chi connectivity index (χ1v) is 5.05. The SMILES string of the molecule is Cl.O=C(Cn1cnnn1)NC1CCCNC1. The summed E-state index contributed by atoms with van der Waals surface area (Å²) in [4.78, 5) is 11.5. The van der Waals surface area contributed by atoms with Crippen LogP contribution < -0.4 is 10.6 Å². The molecule has 0 bridgehead atoms. The molecule has 1 atom stereocenters. The van der Waals surface area contributed by atoms with Crippen LogP contribution >= 0.6 is 12.4 Å². The average molecular weight is 247 g/mol. The smallest absolute Gasteiger partial charge is 0.242 e. The molecule has 7 nitrogen and oxygen atoms in total. The Morgan fingerprint density at radius 1 is 1.62 bits per heavy atom. The standard InChI is InChI=1S/C8H14N6O.ClH/c15-8(5-14-6-10-12-13-14)11-7-2-1-3-9-4-7;/h6-7,9H,1-5H2,(H,11,15);1H. The molecule has 16 heavy (non-hydrogen) atoms. The van der Waals surface area contributed by atoms with Crippen molar-refractivity contribution < 1.29 is 4.79 Å². The summed E-state index contributed by atoms with van der Waals surface area (Å²) >= 11 is 0. The minimum atomic E-state index is -0.0454. The molecular formula is C8H15ClN6O. The lowest BCUT2D eigenvalue weighted by Gasteiger charge is -2.23. The normalized spacial score (nSPS) is 19.9. The van der Waals surface area contributed by atoms with E-state index in [4.69, 9.17) is 0 Å². The summed E-state index contributed by atoms with van der Waals surface area (Å²) in [6.07, 6.45) is 3.57. The van der Waals surface area contributed by atoms with Crippen molar-refractivity contribution in [3.8, 4) is 0 Å². The first-order chi connectivity index (χ1) is 7.34. The third kappa shape index (κ3) is 3.74. The van der Waals surface area contributed by atoms with E-state index in [2.05, 4.69) is 26.2 Å². The highest BCUT2D eigenvalue weighted by Crippen LogP contribution is 2.00. The maximum Gasteiger partial charge on any atom is 0.242 e. The van der Waals surface area contributed by atoms with Crippen molar-refractivity contribution in [2.75, 3.05) is 13.1 Å². The van der Waals surface area contributed by atoms with Crippen LogP contribution in [0.25, 0.3) is 0 Å². The van der Waals surface area contributed by atoms with Crippen molar-refractivity contribution in [1.82, 2.24) is 30.8 Å². The Morgan fingerprint density at radius 3 is 3.12 bits per heavy atom. The molecule has 0 aromatic carbocycles. The van der Waals surface area contributed by atoms with Crippen molar-refractivity contribution in [1.29, 1.82) is 0 Å². The topological polar surface area (TPSA) is 84.7 Å². The monoisotopic (exact) mass is 246 g/mol. The lowest BCUT2D eigenvalue weighted by atomic mass is 10.1. The van der Waals surface area contributed by atoms with E-state index in [-0.39, 0.29) is 30.9 Å². The van der Waals surface area contributed by atoms with E-state index in [1.54, 1.807) is 0 Å². The van der Waals surface area contributed by atoms with Gasteiger partial charge in [-0.3, -0.25) is 4.79 Å². The predicted molar refractivity (Wildman–Crippen MR) is 59.1 cm³/mol. The molecule has 2 N–H and O–H groups in total. The zero-order chi connectivity index (χ0) is 10.5. The number of hydrogen-bond acceptors (Lipinski definition) is 5. The molecule has 1 unspecified atom stereocenters. The molecule has 0 aliphatic carbocycles. The number of aromatic nitrogens is 4. The van der Waals surface area contributed by atoms with Gasteiger partial charge in [0, 0.05) is 12.6 Å². The summed E-state index contributed by atoms with van der Waals surface area (Å²) in [5.74, 6) is -0.0454. The van der Waals surface area contributed by atoms with Crippen molar-refractivity contribution >= 4 is 18.3 Å². The van der Waals surface area contributed by atoms with Crippen molar-refractivity contribution in [2.45, 2.75) is 25.4 Å². The molecule has 1 aliphatic heterocycles. The number of nitrogens with one attached hydrogen (secondary N) is 2. The molecule has 1 saturated heterocycles. The molecule has 1 fully saturated rings. The lowest BCUT2D eigenvalue weighted by Crippen LogP contribution is -2.46. The van der Waals surface area contributed by atoms with Crippen LogP contribution in [0.5, 0.6) is 0 Å². The molecule has 0 radical (unpaired) electrons. The Kier molecular flexibility index (Phi) is 5.13. The summed E-state index contributed by atoms with van der Waals surface area (Å²) in [6, 6.07) is 0.239. The summed E-state index contributed by atoms with van der Waals surface area (Å²) < 4.78 is 1.41. The third-order valence-corrected chi connectivity index (χ3v) is 2.36. The Balaban J connectivity index is 0.00000128. The predicted octanol–water partition coefficient (Wildman–Crippen LogP) is -1.04. The van der Waals surface area contributed by atoms with Crippen LogP contribution in [-0.2, 0) is 11.3 Å². The molecule has 1 aromatic heterocycles. The number of carbonyl (C=O) groups excluding carboxylic acids is 1. The van der Waals surface area contributed by atoms with Gasteiger partial charge in [0.05, 0.1) is 0 Å². The minimum absolute atomic E-state index is 0. The fourth-order valence-electron chi connectivity index (χ4n) is 1.65. The number of piperidine rings is 1. The highest BCUT2D eigenvalue weighted by molar-refractivity contribution is 5.85. The third-order valence-electron chi connectivity index (χ3n) is 2.36. The Labute approximate surface area is 99.4 Å². The van der Waals surface area contributed by atoms with Crippen LogP contribution in [0, 0.1) is 0 Å². The lowest BCUT2D eigenvalue weighted by molar-refractivity contribution is -0.122. The molecule has 2 rings (SSSR count). The van der Waals surface area contributed by atoms with E-state index in [1.807, 2.05) is 0 Å². The molecule has 1 amide bonds. The quantitative estimate of drug-likeness (QED) is 0.712. The van der Waals surface area contributed by atoms with Gasteiger partial charge in [-0.25, -0.2) is 4.68 Å². The van der Waals surface area contributed by atoms with Gasteiger partial charge in [0.25, 0.3) is 0 Å². The largest absolute Gasteiger partial charge is 0.350 e. The van der Waals surface area contributed by atoms with Crippen molar-refractivity contribution in [2.24, 2.45) is 0 Å². The number of tetrazole rings is 1. The minimum Gasteiger partial charge on any atom is -0.350 e. The Hall–Kier alpha value is -1.21. The van der Waals surface area contributed by atoms with Gasteiger partial charge in [0.15, 0.2) is 0 Å². The van der Waals surface area contributed by atoms with Gasteiger partial charge >= 0.3 is 0 Å². The number of nitrogens with zero attached hydrogens (tertiary/aromatic N) is 4. The van der Waals surface area contributed by atoms with Crippen LogP contribution in [0.1, 0.15) is 12.8 Å². The number of rotatable bonds is 3. The van der Waals surface area contributed by atoms with E-state index >= 15 is 0 Å². The van der Waals surface area contributed by atoms with Gasteiger partial charge in [0.2, 0.25) is 5.91 Å². The summed E-state index contributed by atoms with van der Waals surface area (Å²) in [6.45, 7) is 2.07. The molecular weight excluding hydrogens is 232 g/mol. The first-order valence-electron chi connectivity index (χ1n) is 5.05. The second kappa shape index (κ2) is 6.39. The highest BCUT2D eigenvalue weighted by Gasteiger charge is 2.15. The number of hydrogen-bond donors (Lipinski definition) is 2. The Morgan fingerprint density at radius 2 is 2.50 bits per heavy atom. The summed E-state index contributed by atoms with van der Waals surface area (Å²) in [7, 11) is 0. The van der Waals surface area contributed by atoms with Gasteiger partial charge in [-0.05, 0) is 29.8 Å². The molecule has 1 aromatic rings. The number of carbonyl (C=O) groups is 1. The molecule has 2 heterocycles. The fourth-order valence-corrected chi connectivity index (χ4v) is 1.65. The van der Waals surface area contributed by atoms with Gasteiger partial charge in [-0.1, -0.05) is 0 Å². The van der Waals surface area contributed by atoms with Crippen LogP contribution in [0.2, 0.25) is 0 Å². The molecule has 0 spiro atoms. The van der Waals surface area contributed by atoms with E-state index in [9.17, 15) is 4.79 Å². The second-order valence-electron chi connectivity index (χ2n) is 3.62. The van der Waals surface area contributed by atoms with Crippen LogP contribution in [-0.4, -0.2) is 45.2 Å². The van der Waals surface area contributed by atoms with Gasteiger partial charge in [0.1, 0.15) is 12.9 Å². The molecule has 8 heteroatoms. The van der Waals surface area contributed by atoms with E-state index in [0.717, 1.165) is 25.9 Å². The number of amides is 1. The van der Waals surface area contributed by atoms with Gasteiger partial charge < -0.3 is 10.6 Å². The van der Waals surface area contributed by atoms with Gasteiger partial charge in [-0.2, -0.15) is 0 Å². The van der Waals surface area contributed by atoms with Crippen LogP contribution in [0.15, 0.2) is 6.33 Å². The van der Waals surface area contributed by atoms with Gasteiger partial charge in [-0.15, -0.1) is 17.5 Å². The van der Waals surface area contributed by atoms with E-state index < -0.39 is 0 Å². The highest BCUT2D eigenvalue weighted by atomic mass is 35.5. The maximum atomic E-state index is 11.5. The zero-order valence-electron chi connectivity index (χ0n) is 8.80. The molecule has 1 aliphatic rings. The van der Waals surface area contributed by atoms with E-state index in [1.165, 1.54) is 11.0 Å². The first kappa shape index (κ1) is 12.9. The summed E-state index contributed by atoms with van der Waals surface area (Å²) in [5, 5.41) is 16.7. The number of halogens is 1. The molecule has 90 valence electrons. The molecule has 0 saturated carbocycles. The van der Waals surface area contributed by atoms with Crippen LogP contribution in [0.4, 0.5) is 0 Å². The zero-order valence-corrected chi connectivity index (χ0v) is 9.61. The second-order valence-corrected chi connectivity index (χ2v) is 3.62. The fraction of sp³-hybridized carbons (Fsp3) is 0.750. The van der Waals surface area contributed by atoms with Crippen molar-refractivity contribution in [3.05, 3.63) is 6.33 Å². The maximum absolute atomic E-state index is 11.5. The van der Waals surface area contributed by atoms with Crippen molar-refractivity contribution in [3.63, 3.8) is 0 Å².